The second kappa shape index (κ2) is 7.32. The third-order valence-electron chi connectivity index (χ3n) is 1.97. The molecule has 1 amide bonds. The molecular formula is C9H18N2O3. The molecule has 5 heteroatoms. The van der Waals surface area contributed by atoms with E-state index in [9.17, 15) is 9.59 Å². The van der Waals surface area contributed by atoms with E-state index in [0.717, 1.165) is 0 Å². The molecule has 0 rings (SSSR count). The summed E-state index contributed by atoms with van der Waals surface area (Å²) >= 11 is 0. The number of rotatable bonds is 6. The highest BCUT2D eigenvalue weighted by Crippen LogP contribution is 2.03. The second-order valence-electron chi connectivity index (χ2n) is 3.09. The Hall–Kier alpha value is -1.10. The van der Waals surface area contributed by atoms with Gasteiger partial charge >= 0.3 is 5.97 Å². The van der Waals surface area contributed by atoms with Crippen molar-refractivity contribution in [1.29, 1.82) is 0 Å². The van der Waals surface area contributed by atoms with Crippen LogP contribution in [0.4, 0.5) is 0 Å². The molecule has 3 N–H and O–H groups in total. The van der Waals surface area contributed by atoms with Gasteiger partial charge in [-0.05, 0) is 12.8 Å². The molecule has 0 aromatic rings. The van der Waals surface area contributed by atoms with Crippen molar-refractivity contribution in [3.63, 3.8) is 0 Å². The minimum Gasteiger partial charge on any atom is -0.469 e. The lowest BCUT2D eigenvalue weighted by molar-refractivity contribution is -0.140. The first-order chi connectivity index (χ1) is 6.60. The number of nitrogens with two attached hydrogens (primary N) is 1. The Balaban J connectivity index is 3.50. The summed E-state index contributed by atoms with van der Waals surface area (Å²) in [6.45, 7) is 0. The van der Waals surface area contributed by atoms with E-state index in [1.807, 2.05) is 0 Å². The van der Waals surface area contributed by atoms with Crippen molar-refractivity contribution in [2.45, 2.75) is 31.7 Å². The van der Waals surface area contributed by atoms with E-state index in [0.29, 0.717) is 25.7 Å². The molecule has 0 saturated heterocycles. The zero-order valence-electron chi connectivity index (χ0n) is 8.71. The van der Waals surface area contributed by atoms with E-state index in [-0.39, 0.29) is 17.9 Å². The molecule has 0 radical (unpaired) electrons. The van der Waals surface area contributed by atoms with Gasteiger partial charge in [-0.3, -0.25) is 9.59 Å². The maximum atomic E-state index is 10.9. The maximum absolute atomic E-state index is 10.9. The van der Waals surface area contributed by atoms with Crippen LogP contribution in [0.5, 0.6) is 0 Å². The predicted molar refractivity (Wildman–Crippen MR) is 52.5 cm³/mol. The van der Waals surface area contributed by atoms with Crippen LogP contribution in [0.25, 0.3) is 0 Å². The summed E-state index contributed by atoms with van der Waals surface area (Å²) in [5, 5.41) is 2.51. The molecule has 0 heterocycles. The Morgan fingerprint density at radius 1 is 1.36 bits per heavy atom. The number of ether oxygens (including phenoxy) is 1. The highest BCUT2D eigenvalue weighted by atomic mass is 16.5. The fourth-order valence-electron chi connectivity index (χ4n) is 0.991. The number of hydrogen-bond acceptors (Lipinski definition) is 4. The van der Waals surface area contributed by atoms with Gasteiger partial charge in [-0.2, -0.15) is 0 Å². The third-order valence-corrected chi connectivity index (χ3v) is 1.97. The number of nitrogens with one attached hydrogen (secondary N) is 1. The Morgan fingerprint density at radius 3 is 2.43 bits per heavy atom. The number of carbonyl (C=O) groups excluding carboxylic acids is 2. The third kappa shape index (κ3) is 6.42. The van der Waals surface area contributed by atoms with Crippen molar-refractivity contribution in [1.82, 2.24) is 5.32 Å². The van der Waals surface area contributed by atoms with Crippen molar-refractivity contribution in [3.8, 4) is 0 Å². The molecule has 0 aromatic carbocycles. The molecule has 1 atom stereocenters. The SMILES string of the molecule is CNC(=O)CCC(N)CCC(=O)OC. The lowest BCUT2D eigenvalue weighted by Gasteiger charge is -2.09. The molecule has 0 saturated carbocycles. The average Bonchev–Trinajstić information content (AvgIpc) is 2.22. The van der Waals surface area contributed by atoms with Crippen molar-refractivity contribution in [2.24, 2.45) is 5.73 Å². The Kier molecular flexibility index (Phi) is 6.74. The van der Waals surface area contributed by atoms with Crippen LogP contribution >= 0.6 is 0 Å². The number of hydrogen-bond donors (Lipinski definition) is 2. The van der Waals surface area contributed by atoms with Gasteiger partial charge in [-0.1, -0.05) is 0 Å². The number of methoxy groups -OCH3 is 1. The van der Waals surface area contributed by atoms with Gasteiger partial charge in [-0.25, -0.2) is 0 Å². The summed E-state index contributed by atoms with van der Waals surface area (Å²) < 4.78 is 4.47. The zero-order valence-corrected chi connectivity index (χ0v) is 8.71. The topological polar surface area (TPSA) is 81.4 Å². The lowest BCUT2D eigenvalue weighted by atomic mass is 10.1. The number of carbonyl (C=O) groups is 2. The molecule has 0 aliphatic heterocycles. The normalized spacial score (nSPS) is 11.9. The fraction of sp³-hybridized carbons (Fsp3) is 0.778. The van der Waals surface area contributed by atoms with Crippen LogP contribution in [0.2, 0.25) is 0 Å². The van der Waals surface area contributed by atoms with Gasteiger partial charge in [0.15, 0.2) is 0 Å². The molecule has 1 unspecified atom stereocenters. The van der Waals surface area contributed by atoms with Crippen LogP contribution in [0.1, 0.15) is 25.7 Å². The molecule has 0 bridgehead atoms. The predicted octanol–water partition coefficient (Wildman–Crippen LogP) is -0.207. The summed E-state index contributed by atoms with van der Waals surface area (Å²) in [6, 6.07) is -0.119. The van der Waals surface area contributed by atoms with Crippen LogP contribution in [-0.2, 0) is 14.3 Å². The smallest absolute Gasteiger partial charge is 0.305 e. The van der Waals surface area contributed by atoms with E-state index >= 15 is 0 Å². The number of amides is 1. The molecule has 82 valence electrons. The van der Waals surface area contributed by atoms with Gasteiger partial charge < -0.3 is 15.8 Å². The molecule has 0 aliphatic carbocycles. The van der Waals surface area contributed by atoms with E-state index in [4.69, 9.17) is 5.73 Å². The van der Waals surface area contributed by atoms with Crippen LogP contribution in [0.3, 0.4) is 0 Å². The molecule has 0 fully saturated rings. The highest BCUT2D eigenvalue weighted by molar-refractivity contribution is 5.75. The monoisotopic (exact) mass is 202 g/mol. The molecule has 0 aromatic heterocycles. The van der Waals surface area contributed by atoms with Crippen molar-refractivity contribution in [2.75, 3.05) is 14.2 Å². The zero-order chi connectivity index (χ0) is 11.0. The summed E-state index contributed by atoms with van der Waals surface area (Å²) in [6.07, 6.45) is 1.87. The summed E-state index contributed by atoms with van der Waals surface area (Å²) in [5.74, 6) is -0.293. The van der Waals surface area contributed by atoms with Gasteiger partial charge in [0.1, 0.15) is 0 Å². The van der Waals surface area contributed by atoms with Crippen molar-refractivity contribution in [3.05, 3.63) is 0 Å². The van der Waals surface area contributed by atoms with Crippen LogP contribution in [-0.4, -0.2) is 32.1 Å². The first kappa shape index (κ1) is 12.9. The first-order valence-corrected chi connectivity index (χ1v) is 4.63. The highest BCUT2D eigenvalue weighted by Gasteiger charge is 2.08. The van der Waals surface area contributed by atoms with Gasteiger partial charge in [0.05, 0.1) is 7.11 Å². The fourth-order valence-corrected chi connectivity index (χ4v) is 0.991. The van der Waals surface area contributed by atoms with Crippen LogP contribution < -0.4 is 11.1 Å². The van der Waals surface area contributed by atoms with E-state index in [1.54, 1.807) is 7.05 Å². The second-order valence-corrected chi connectivity index (χ2v) is 3.09. The standard InChI is InChI=1S/C9H18N2O3/c1-11-8(12)5-3-7(10)4-6-9(13)14-2/h7H,3-6,10H2,1-2H3,(H,11,12). The summed E-state index contributed by atoms with van der Waals surface area (Å²) in [4.78, 5) is 21.6. The minimum absolute atomic E-state index is 0.0291. The Morgan fingerprint density at radius 2 is 1.93 bits per heavy atom. The number of esters is 1. The maximum Gasteiger partial charge on any atom is 0.305 e. The lowest BCUT2D eigenvalue weighted by Crippen LogP contribution is -2.25. The van der Waals surface area contributed by atoms with E-state index < -0.39 is 0 Å². The van der Waals surface area contributed by atoms with Crippen molar-refractivity contribution >= 4 is 11.9 Å². The Bertz CT molecular complexity index is 174. The minimum atomic E-state index is -0.264. The van der Waals surface area contributed by atoms with Gasteiger partial charge in [0, 0.05) is 25.9 Å². The first-order valence-electron chi connectivity index (χ1n) is 4.63. The van der Waals surface area contributed by atoms with Crippen LogP contribution in [0, 0.1) is 0 Å². The molecule has 5 nitrogen and oxygen atoms in total. The summed E-state index contributed by atoms with van der Waals surface area (Å²) in [7, 11) is 2.93. The van der Waals surface area contributed by atoms with E-state index in [1.165, 1.54) is 7.11 Å². The average molecular weight is 202 g/mol. The largest absolute Gasteiger partial charge is 0.469 e. The van der Waals surface area contributed by atoms with Gasteiger partial charge in [-0.15, -0.1) is 0 Å². The van der Waals surface area contributed by atoms with Gasteiger partial charge in [0.25, 0.3) is 0 Å². The summed E-state index contributed by atoms with van der Waals surface area (Å²) in [5.41, 5.74) is 5.69. The van der Waals surface area contributed by atoms with Crippen molar-refractivity contribution < 1.29 is 14.3 Å². The van der Waals surface area contributed by atoms with Crippen LogP contribution in [0.15, 0.2) is 0 Å². The quantitative estimate of drug-likeness (QED) is 0.584. The molecule has 0 spiro atoms. The molecular weight excluding hydrogens is 184 g/mol. The van der Waals surface area contributed by atoms with Gasteiger partial charge in [0.2, 0.25) is 5.91 Å². The Labute approximate surface area is 84.0 Å². The molecule has 14 heavy (non-hydrogen) atoms. The van der Waals surface area contributed by atoms with E-state index in [2.05, 4.69) is 10.1 Å². The molecule has 0 aliphatic rings.